The molecule has 1 aromatic carbocycles. The molecule has 3 rings (SSSR count). The smallest absolute Gasteiger partial charge is 0.0703 e. The Labute approximate surface area is 112 Å². The van der Waals surface area contributed by atoms with Gasteiger partial charge in [-0.25, -0.2) is 0 Å². The van der Waals surface area contributed by atoms with Crippen molar-refractivity contribution in [3.8, 4) is 0 Å². The Morgan fingerprint density at radius 3 is 3.00 bits per heavy atom. The van der Waals surface area contributed by atoms with Crippen LogP contribution in [0, 0.1) is 0 Å². The third-order valence-corrected chi connectivity index (χ3v) is 3.34. The summed E-state index contributed by atoms with van der Waals surface area (Å²) >= 11 is 0. The number of anilines is 1. The average Bonchev–Trinajstić information content (AvgIpc) is 2.92. The third-order valence-electron chi connectivity index (χ3n) is 3.34. The number of aromatic nitrogens is 2. The lowest BCUT2D eigenvalue weighted by molar-refractivity contribution is 0.724. The molecule has 2 aromatic heterocycles. The van der Waals surface area contributed by atoms with Gasteiger partial charge in [-0.1, -0.05) is 6.07 Å². The highest BCUT2D eigenvalue weighted by Gasteiger charge is 2.00. The molecule has 0 radical (unpaired) electrons. The van der Waals surface area contributed by atoms with E-state index in [9.17, 15) is 0 Å². The summed E-state index contributed by atoms with van der Waals surface area (Å²) in [5.41, 5.74) is 3.46. The van der Waals surface area contributed by atoms with E-state index in [1.54, 1.807) is 0 Å². The Morgan fingerprint density at radius 2 is 2.11 bits per heavy atom. The summed E-state index contributed by atoms with van der Waals surface area (Å²) in [7, 11) is 0. The molecule has 0 aliphatic heterocycles. The van der Waals surface area contributed by atoms with E-state index < -0.39 is 0 Å². The van der Waals surface area contributed by atoms with Gasteiger partial charge in [0.2, 0.25) is 0 Å². The molecular formula is C16H17N3. The third kappa shape index (κ3) is 2.45. The molecule has 96 valence electrons. The fraction of sp³-hybridized carbons (Fsp3) is 0.188. The van der Waals surface area contributed by atoms with Crippen LogP contribution in [-0.4, -0.2) is 9.55 Å². The van der Waals surface area contributed by atoms with Gasteiger partial charge in [0.15, 0.2) is 0 Å². The van der Waals surface area contributed by atoms with Gasteiger partial charge in [0, 0.05) is 35.7 Å². The maximum atomic E-state index is 4.33. The highest BCUT2D eigenvalue weighted by atomic mass is 15.0. The Morgan fingerprint density at radius 1 is 1.16 bits per heavy atom. The summed E-state index contributed by atoms with van der Waals surface area (Å²) in [5.74, 6) is 0. The number of fused-ring (bicyclic) bond motifs is 1. The molecule has 3 heteroatoms. The lowest BCUT2D eigenvalue weighted by atomic mass is 10.2. The van der Waals surface area contributed by atoms with Gasteiger partial charge in [0.1, 0.15) is 0 Å². The second-order valence-electron chi connectivity index (χ2n) is 4.55. The van der Waals surface area contributed by atoms with Crippen molar-refractivity contribution in [2.24, 2.45) is 0 Å². The van der Waals surface area contributed by atoms with Crippen LogP contribution in [0.1, 0.15) is 12.6 Å². The fourth-order valence-electron chi connectivity index (χ4n) is 2.30. The number of rotatable bonds is 4. The number of aryl methyl sites for hydroxylation is 1. The minimum Gasteiger partial charge on any atom is -0.379 e. The fourth-order valence-corrected chi connectivity index (χ4v) is 2.30. The first-order valence-electron chi connectivity index (χ1n) is 6.59. The Bertz CT molecular complexity index is 685. The average molecular weight is 251 g/mol. The topological polar surface area (TPSA) is 29.9 Å². The number of pyridine rings is 1. The quantitative estimate of drug-likeness (QED) is 0.766. The molecule has 0 amide bonds. The molecule has 0 fully saturated rings. The minimum absolute atomic E-state index is 0.840. The molecule has 0 bridgehead atoms. The zero-order chi connectivity index (χ0) is 13.1. The summed E-state index contributed by atoms with van der Waals surface area (Å²) in [6.07, 6.45) is 3.94. The Balaban J connectivity index is 1.78. The lowest BCUT2D eigenvalue weighted by Gasteiger charge is -2.09. The standard InChI is InChI=1S/C16H17N3/c1-2-19-10-4-6-15(19)12-18-14-7-8-16-13(11-14)5-3-9-17-16/h3-11,18H,2,12H2,1H3. The largest absolute Gasteiger partial charge is 0.379 e. The summed E-state index contributed by atoms with van der Waals surface area (Å²) in [6, 6.07) is 14.6. The van der Waals surface area contributed by atoms with Crippen molar-refractivity contribution in [1.29, 1.82) is 0 Å². The van der Waals surface area contributed by atoms with Gasteiger partial charge in [-0.3, -0.25) is 4.98 Å². The summed E-state index contributed by atoms with van der Waals surface area (Å²) in [4.78, 5) is 4.33. The van der Waals surface area contributed by atoms with Crippen LogP contribution in [-0.2, 0) is 13.1 Å². The Hall–Kier alpha value is -2.29. The number of nitrogens with one attached hydrogen (secondary N) is 1. The van der Waals surface area contributed by atoms with E-state index in [0.717, 1.165) is 24.3 Å². The van der Waals surface area contributed by atoms with Gasteiger partial charge in [-0.05, 0) is 43.3 Å². The highest BCUT2D eigenvalue weighted by molar-refractivity contribution is 5.82. The first kappa shape index (κ1) is 11.8. The molecule has 0 aliphatic carbocycles. The normalized spacial score (nSPS) is 10.8. The van der Waals surface area contributed by atoms with Gasteiger partial charge >= 0.3 is 0 Å². The molecule has 19 heavy (non-hydrogen) atoms. The molecule has 3 aromatic rings. The first-order valence-corrected chi connectivity index (χ1v) is 6.59. The molecule has 3 nitrogen and oxygen atoms in total. The number of benzene rings is 1. The van der Waals surface area contributed by atoms with Gasteiger partial charge < -0.3 is 9.88 Å². The second kappa shape index (κ2) is 5.14. The van der Waals surface area contributed by atoms with Crippen molar-refractivity contribution in [1.82, 2.24) is 9.55 Å². The molecule has 1 N–H and O–H groups in total. The monoisotopic (exact) mass is 251 g/mol. The highest BCUT2D eigenvalue weighted by Crippen LogP contribution is 2.17. The first-order chi connectivity index (χ1) is 9.36. The maximum Gasteiger partial charge on any atom is 0.0703 e. The predicted molar refractivity (Wildman–Crippen MR) is 79.2 cm³/mol. The molecule has 2 heterocycles. The SMILES string of the molecule is CCn1cccc1CNc1ccc2ncccc2c1. The van der Waals surface area contributed by atoms with Gasteiger partial charge in [0.25, 0.3) is 0 Å². The van der Waals surface area contributed by atoms with Crippen LogP contribution >= 0.6 is 0 Å². The summed E-state index contributed by atoms with van der Waals surface area (Å²) in [6.45, 7) is 4.00. The molecule has 0 unspecified atom stereocenters. The predicted octanol–water partition coefficient (Wildman–Crippen LogP) is 3.67. The minimum atomic E-state index is 0.840. The van der Waals surface area contributed by atoms with E-state index in [2.05, 4.69) is 64.4 Å². The van der Waals surface area contributed by atoms with Crippen molar-refractivity contribution in [3.05, 3.63) is 60.6 Å². The molecule has 0 saturated heterocycles. The van der Waals surface area contributed by atoms with E-state index in [1.165, 1.54) is 11.1 Å². The molecule has 0 saturated carbocycles. The van der Waals surface area contributed by atoms with Gasteiger partial charge in [0.05, 0.1) is 12.1 Å². The number of nitrogens with zero attached hydrogens (tertiary/aromatic N) is 2. The van der Waals surface area contributed by atoms with E-state index in [0.29, 0.717) is 0 Å². The van der Waals surface area contributed by atoms with Crippen LogP contribution in [0.25, 0.3) is 10.9 Å². The van der Waals surface area contributed by atoms with Crippen LogP contribution in [0.3, 0.4) is 0 Å². The lowest BCUT2D eigenvalue weighted by Crippen LogP contribution is -2.05. The van der Waals surface area contributed by atoms with Crippen LogP contribution in [0.2, 0.25) is 0 Å². The van der Waals surface area contributed by atoms with Gasteiger partial charge in [-0.2, -0.15) is 0 Å². The second-order valence-corrected chi connectivity index (χ2v) is 4.55. The molecule has 0 spiro atoms. The van der Waals surface area contributed by atoms with E-state index >= 15 is 0 Å². The van der Waals surface area contributed by atoms with Crippen LogP contribution in [0.15, 0.2) is 54.9 Å². The van der Waals surface area contributed by atoms with Crippen molar-refractivity contribution in [2.75, 3.05) is 5.32 Å². The maximum absolute atomic E-state index is 4.33. The molecule has 0 atom stereocenters. The van der Waals surface area contributed by atoms with E-state index in [4.69, 9.17) is 0 Å². The Kier molecular flexibility index (Phi) is 3.19. The summed E-state index contributed by atoms with van der Waals surface area (Å²) < 4.78 is 2.25. The van der Waals surface area contributed by atoms with Crippen molar-refractivity contribution in [3.63, 3.8) is 0 Å². The van der Waals surface area contributed by atoms with Crippen LogP contribution in [0.5, 0.6) is 0 Å². The van der Waals surface area contributed by atoms with Crippen LogP contribution < -0.4 is 5.32 Å². The van der Waals surface area contributed by atoms with Crippen molar-refractivity contribution in [2.45, 2.75) is 20.0 Å². The number of hydrogen-bond donors (Lipinski definition) is 1. The zero-order valence-electron chi connectivity index (χ0n) is 11.0. The molecular weight excluding hydrogens is 234 g/mol. The van der Waals surface area contributed by atoms with E-state index in [1.807, 2.05) is 12.3 Å². The van der Waals surface area contributed by atoms with Gasteiger partial charge in [-0.15, -0.1) is 0 Å². The number of hydrogen-bond acceptors (Lipinski definition) is 2. The van der Waals surface area contributed by atoms with E-state index in [-0.39, 0.29) is 0 Å². The van der Waals surface area contributed by atoms with Crippen LogP contribution in [0.4, 0.5) is 5.69 Å². The molecule has 0 aliphatic rings. The van der Waals surface area contributed by atoms with Crippen molar-refractivity contribution < 1.29 is 0 Å². The van der Waals surface area contributed by atoms with Crippen molar-refractivity contribution >= 4 is 16.6 Å². The summed E-state index contributed by atoms with van der Waals surface area (Å²) in [5, 5.41) is 4.63. The zero-order valence-corrected chi connectivity index (χ0v) is 11.0.